The smallest absolute Gasteiger partial charge is 0.334 e. The Hall–Kier alpha value is -4.61. The van der Waals surface area contributed by atoms with E-state index in [9.17, 15) is 13.6 Å². The van der Waals surface area contributed by atoms with Crippen molar-refractivity contribution < 1.29 is 31.8 Å². The first-order valence-corrected chi connectivity index (χ1v) is 11.2. The highest BCUT2D eigenvalue weighted by molar-refractivity contribution is 6.21. The molecule has 0 unspecified atom stereocenters. The van der Waals surface area contributed by atoms with E-state index in [0.717, 1.165) is 34.1 Å². The van der Waals surface area contributed by atoms with Crippen LogP contribution in [0.5, 0.6) is 11.5 Å². The average Bonchev–Trinajstić information content (AvgIpc) is 2.89. The number of methoxy groups -OCH3 is 2. The van der Waals surface area contributed by atoms with Gasteiger partial charge in [-0.15, -0.1) is 0 Å². The summed E-state index contributed by atoms with van der Waals surface area (Å²) in [5, 5.41) is 10.9. The highest BCUT2D eigenvalue weighted by atomic mass is 19.2. The fraction of sp³-hybridized carbons (Fsp3) is 0.192. The summed E-state index contributed by atoms with van der Waals surface area (Å²) in [6.07, 6.45) is 2.93. The molecule has 0 spiro atoms. The highest BCUT2D eigenvalue weighted by Gasteiger charge is 2.38. The monoisotopic (exact) mass is 529 g/mol. The van der Waals surface area contributed by atoms with Crippen molar-refractivity contribution in [2.75, 3.05) is 31.1 Å². The Morgan fingerprint density at radius 1 is 1.05 bits per heavy atom. The molecule has 0 saturated heterocycles. The van der Waals surface area contributed by atoms with E-state index in [1.807, 2.05) is 0 Å². The number of carbonyl (C=O) groups excluding carboxylic acids is 1. The number of benzene rings is 2. The fourth-order valence-electron chi connectivity index (χ4n) is 4.09. The van der Waals surface area contributed by atoms with Crippen LogP contribution in [0.15, 0.2) is 42.7 Å². The lowest BCUT2D eigenvalue weighted by molar-refractivity contribution is 0.251. The number of carbonyl (C=O) groups is 1. The number of halogens is 4. The van der Waals surface area contributed by atoms with E-state index < -0.39 is 35.0 Å². The summed E-state index contributed by atoms with van der Waals surface area (Å²) in [4.78, 5) is 20.0. The Kier molecular flexibility index (Phi) is 7.24. The molecule has 2 heterocycles. The molecule has 0 saturated carbocycles. The quantitative estimate of drug-likeness (QED) is 0.310. The van der Waals surface area contributed by atoms with Gasteiger partial charge in [0.1, 0.15) is 5.69 Å². The average molecular weight is 529 g/mol. The fourth-order valence-corrected chi connectivity index (χ4v) is 4.09. The van der Waals surface area contributed by atoms with Gasteiger partial charge < -0.3 is 20.2 Å². The molecule has 4 rings (SSSR count). The number of ether oxygens (including phenoxy) is 2. The summed E-state index contributed by atoms with van der Waals surface area (Å²) >= 11 is 0. The summed E-state index contributed by atoms with van der Waals surface area (Å²) < 4.78 is 68.8. The van der Waals surface area contributed by atoms with Crippen LogP contribution in [0.3, 0.4) is 0 Å². The Morgan fingerprint density at radius 2 is 1.71 bits per heavy atom. The maximum atomic E-state index is 15.4. The lowest BCUT2D eigenvalue weighted by Gasteiger charge is -2.37. The zero-order chi connectivity index (χ0) is 27.7. The number of fused-ring (bicyclic) bond motifs is 1. The molecule has 1 aliphatic rings. The predicted molar refractivity (Wildman–Crippen MR) is 134 cm³/mol. The van der Waals surface area contributed by atoms with Crippen molar-refractivity contribution in [1.82, 2.24) is 10.3 Å². The summed E-state index contributed by atoms with van der Waals surface area (Å²) in [6.45, 7) is 1.23. The summed E-state index contributed by atoms with van der Waals surface area (Å²) in [5.41, 5.74) is 0.580. The minimum Gasteiger partial charge on any atom is -0.493 e. The van der Waals surface area contributed by atoms with Crippen LogP contribution in [-0.4, -0.2) is 38.0 Å². The van der Waals surface area contributed by atoms with Crippen molar-refractivity contribution in [1.29, 1.82) is 5.41 Å². The van der Waals surface area contributed by atoms with Crippen LogP contribution >= 0.6 is 0 Å². The van der Waals surface area contributed by atoms with Crippen molar-refractivity contribution in [3.8, 4) is 11.5 Å². The molecule has 2 amide bonds. The van der Waals surface area contributed by atoms with Crippen molar-refractivity contribution in [3.63, 3.8) is 0 Å². The Labute approximate surface area is 215 Å². The third-order valence-corrected chi connectivity index (χ3v) is 5.90. The molecule has 1 aromatic heterocycles. The topological polar surface area (TPSA) is 90.8 Å². The van der Waals surface area contributed by atoms with E-state index >= 15 is 8.78 Å². The van der Waals surface area contributed by atoms with Gasteiger partial charge in [-0.05, 0) is 25.1 Å². The SMILES string of the molecule is CN/C=C(\C(C)=N)c1cc2c(cn1)CN(c1c(F)c(OC)cc(OC)c1F)C(=O)N2c1ccc(F)c(F)c1. The summed E-state index contributed by atoms with van der Waals surface area (Å²) in [7, 11) is 3.99. The van der Waals surface area contributed by atoms with E-state index in [2.05, 4.69) is 10.3 Å². The number of urea groups is 1. The molecule has 2 N–H and O–H groups in total. The number of amides is 2. The van der Waals surface area contributed by atoms with Gasteiger partial charge in [-0.1, -0.05) is 0 Å². The van der Waals surface area contributed by atoms with Gasteiger partial charge in [0.2, 0.25) is 0 Å². The van der Waals surface area contributed by atoms with Crippen molar-refractivity contribution in [3.05, 3.63) is 77.3 Å². The van der Waals surface area contributed by atoms with E-state index in [1.54, 1.807) is 20.2 Å². The van der Waals surface area contributed by atoms with Crippen LogP contribution in [0.1, 0.15) is 18.2 Å². The number of rotatable bonds is 7. The normalized spacial score (nSPS) is 13.4. The third-order valence-electron chi connectivity index (χ3n) is 5.90. The van der Waals surface area contributed by atoms with Crippen molar-refractivity contribution >= 4 is 34.4 Å². The molecule has 12 heteroatoms. The molecule has 198 valence electrons. The van der Waals surface area contributed by atoms with E-state index in [-0.39, 0.29) is 35.1 Å². The molecular formula is C26H23F4N5O3. The highest BCUT2D eigenvalue weighted by Crippen LogP contribution is 2.43. The first-order chi connectivity index (χ1) is 18.1. The predicted octanol–water partition coefficient (Wildman–Crippen LogP) is 5.53. The van der Waals surface area contributed by atoms with Crippen LogP contribution in [-0.2, 0) is 6.54 Å². The lowest BCUT2D eigenvalue weighted by Crippen LogP contribution is -2.46. The molecule has 0 atom stereocenters. The largest absolute Gasteiger partial charge is 0.493 e. The minimum atomic E-state index is -1.23. The van der Waals surface area contributed by atoms with Crippen molar-refractivity contribution in [2.45, 2.75) is 13.5 Å². The molecule has 38 heavy (non-hydrogen) atoms. The first-order valence-electron chi connectivity index (χ1n) is 11.2. The number of allylic oxidation sites excluding steroid dienone is 1. The number of hydrogen-bond acceptors (Lipinski definition) is 6. The molecular weight excluding hydrogens is 506 g/mol. The molecule has 0 fully saturated rings. The van der Waals surface area contributed by atoms with Gasteiger partial charge in [-0.2, -0.15) is 0 Å². The van der Waals surface area contributed by atoms with Gasteiger partial charge in [-0.3, -0.25) is 14.8 Å². The second-order valence-electron chi connectivity index (χ2n) is 8.23. The maximum absolute atomic E-state index is 15.4. The molecule has 0 aliphatic carbocycles. The standard InChI is InChI=1S/C26H23F4N5O3/c1-13(31)16(11-32-2)19-8-20-14(10-33-19)12-34(25-23(29)21(37-3)9-22(38-4)24(25)30)26(36)35(20)15-5-6-17(27)18(28)7-15/h5-11,31-32H,12H2,1-4H3/b16-11+,31-13?. The lowest BCUT2D eigenvalue weighted by atomic mass is 10.0. The van der Waals surface area contributed by atoms with Crippen molar-refractivity contribution in [2.24, 2.45) is 0 Å². The van der Waals surface area contributed by atoms with Gasteiger partial charge in [0.25, 0.3) is 0 Å². The summed E-state index contributed by atoms with van der Waals surface area (Å²) in [6, 6.07) is 4.33. The second kappa shape index (κ2) is 10.4. The molecule has 0 radical (unpaired) electrons. The van der Waals surface area contributed by atoms with Crippen LogP contribution < -0.4 is 24.6 Å². The Balaban J connectivity index is 1.97. The van der Waals surface area contributed by atoms with Gasteiger partial charge in [0, 0.05) is 48.4 Å². The second-order valence-corrected chi connectivity index (χ2v) is 8.23. The van der Waals surface area contributed by atoms with Crippen LogP contribution in [0.2, 0.25) is 0 Å². The number of nitrogens with one attached hydrogen (secondary N) is 2. The van der Waals surface area contributed by atoms with Gasteiger partial charge in [0.05, 0.1) is 37.8 Å². The minimum absolute atomic E-state index is 0.0987. The van der Waals surface area contributed by atoms with E-state index in [0.29, 0.717) is 16.8 Å². The summed E-state index contributed by atoms with van der Waals surface area (Å²) in [5.74, 6) is -5.41. The van der Waals surface area contributed by atoms with Gasteiger partial charge in [0.15, 0.2) is 34.8 Å². The van der Waals surface area contributed by atoms with Crippen LogP contribution in [0, 0.1) is 28.7 Å². The number of nitrogens with zero attached hydrogens (tertiary/aromatic N) is 3. The molecule has 8 nitrogen and oxygen atoms in total. The zero-order valence-corrected chi connectivity index (χ0v) is 20.8. The Bertz CT molecular complexity index is 1450. The van der Waals surface area contributed by atoms with Gasteiger partial charge in [-0.25, -0.2) is 22.4 Å². The molecule has 2 aromatic carbocycles. The molecule has 3 aromatic rings. The number of anilines is 3. The van der Waals surface area contributed by atoms with E-state index in [1.165, 1.54) is 26.5 Å². The maximum Gasteiger partial charge on any atom is 0.334 e. The Morgan fingerprint density at radius 3 is 2.26 bits per heavy atom. The molecule has 1 aliphatic heterocycles. The first kappa shape index (κ1) is 26.5. The number of aromatic nitrogens is 1. The number of pyridine rings is 1. The zero-order valence-electron chi connectivity index (χ0n) is 20.8. The van der Waals surface area contributed by atoms with Gasteiger partial charge >= 0.3 is 6.03 Å². The third kappa shape index (κ3) is 4.49. The number of hydrogen-bond donors (Lipinski definition) is 2. The van der Waals surface area contributed by atoms with Crippen LogP contribution in [0.4, 0.5) is 39.4 Å². The van der Waals surface area contributed by atoms with E-state index in [4.69, 9.17) is 14.9 Å². The molecule has 0 bridgehead atoms. The van der Waals surface area contributed by atoms with Crippen LogP contribution in [0.25, 0.3) is 5.57 Å².